The number of rotatable bonds is 4. The van der Waals surface area contributed by atoms with Crippen LogP contribution in [-0.2, 0) is 11.3 Å². The van der Waals surface area contributed by atoms with Crippen molar-refractivity contribution in [3.63, 3.8) is 0 Å². The summed E-state index contributed by atoms with van der Waals surface area (Å²) in [7, 11) is 0. The standard InChI is InChI=1S/C10H14N4O3/c15-9(8-4-2-1-3-5-8)6-13-7-11-10(12-13)14(16)17/h7-8H,1-6H2. The van der Waals surface area contributed by atoms with Crippen LogP contribution in [0, 0.1) is 16.0 Å². The summed E-state index contributed by atoms with van der Waals surface area (Å²) in [4.78, 5) is 25.1. The molecule has 0 atom stereocenters. The number of ketones is 1. The van der Waals surface area contributed by atoms with Crippen LogP contribution in [0.3, 0.4) is 0 Å². The third-order valence-corrected chi connectivity index (χ3v) is 3.07. The number of carbonyl (C=O) groups is 1. The van der Waals surface area contributed by atoms with Gasteiger partial charge >= 0.3 is 5.95 Å². The predicted molar refractivity (Wildman–Crippen MR) is 58.3 cm³/mol. The Morgan fingerprint density at radius 3 is 2.76 bits per heavy atom. The van der Waals surface area contributed by atoms with E-state index in [1.807, 2.05) is 0 Å². The van der Waals surface area contributed by atoms with Gasteiger partial charge in [0.15, 0.2) is 5.78 Å². The topological polar surface area (TPSA) is 90.9 Å². The van der Waals surface area contributed by atoms with Gasteiger partial charge in [-0.2, -0.15) is 4.68 Å². The Hall–Kier alpha value is -1.79. The maximum atomic E-state index is 11.9. The fourth-order valence-corrected chi connectivity index (χ4v) is 2.16. The highest BCUT2D eigenvalue weighted by Gasteiger charge is 2.23. The average molecular weight is 238 g/mol. The fraction of sp³-hybridized carbons (Fsp3) is 0.700. The summed E-state index contributed by atoms with van der Waals surface area (Å²) in [5.41, 5.74) is 0. The second-order valence-corrected chi connectivity index (χ2v) is 4.30. The summed E-state index contributed by atoms with van der Waals surface area (Å²) < 4.78 is 1.25. The molecule has 1 fully saturated rings. The molecule has 0 N–H and O–H groups in total. The number of nitro groups is 1. The maximum Gasteiger partial charge on any atom is 0.490 e. The number of Topliss-reactive ketones (excluding diaryl/α,β-unsaturated/α-hetero) is 1. The molecule has 0 saturated heterocycles. The smallest absolute Gasteiger partial charge is 0.390 e. The van der Waals surface area contributed by atoms with E-state index in [-0.39, 0.29) is 18.2 Å². The third-order valence-electron chi connectivity index (χ3n) is 3.07. The van der Waals surface area contributed by atoms with Gasteiger partial charge in [0.05, 0.1) is 0 Å². The Labute approximate surface area is 98.0 Å². The Balaban J connectivity index is 1.94. The molecule has 1 heterocycles. The molecule has 17 heavy (non-hydrogen) atoms. The number of carbonyl (C=O) groups excluding carboxylic acids is 1. The molecule has 1 aromatic rings. The molecule has 92 valence electrons. The first-order chi connectivity index (χ1) is 8.16. The molecule has 1 aliphatic rings. The molecular weight excluding hydrogens is 224 g/mol. The van der Waals surface area contributed by atoms with Gasteiger partial charge in [0, 0.05) is 11.0 Å². The number of hydrogen-bond acceptors (Lipinski definition) is 5. The summed E-state index contributed by atoms with van der Waals surface area (Å²) in [6.45, 7) is 0.0888. The van der Waals surface area contributed by atoms with Gasteiger partial charge in [0.1, 0.15) is 6.54 Å². The van der Waals surface area contributed by atoms with Crippen molar-refractivity contribution in [2.24, 2.45) is 5.92 Å². The first-order valence-electron chi connectivity index (χ1n) is 5.73. The average Bonchev–Trinajstić information content (AvgIpc) is 2.79. The molecule has 0 amide bonds. The van der Waals surface area contributed by atoms with Crippen LogP contribution in [0.2, 0.25) is 0 Å². The summed E-state index contributed by atoms with van der Waals surface area (Å²) in [6, 6.07) is 0. The van der Waals surface area contributed by atoms with Crippen molar-refractivity contribution in [3.05, 3.63) is 16.4 Å². The minimum Gasteiger partial charge on any atom is -0.390 e. The third kappa shape index (κ3) is 2.86. The van der Waals surface area contributed by atoms with Gasteiger partial charge < -0.3 is 10.1 Å². The van der Waals surface area contributed by atoms with Crippen molar-refractivity contribution in [1.29, 1.82) is 0 Å². The van der Waals surface area contributed by atoms with E-state index in [2.05, 4.69) is 10.1 Å². The van der Waals surface area contributed by atoms with Crippen LogP contribution in [0.4, 0.5) is 5.95 Å². The number of hydrogen-bond donors (Lipinski definition) is 0. The van der Waals surface area contributed by atoms with E-state index < -0.39 is 10.9 Å². The van der Waals surface area contributed by atoms with E-state index in [1.165, 1.54) is 17.4 Å². The highest BCUT2D eigenvalue weighted by molar-refractivity contribution is 5.80. The van der Waals surface area contributed by atoms with Crippen molar-refractivity contribution in [3.8, 4) is 0 Å². The molecule has 0 spiro atoms. The first-order valence-corrected chi connectivity index (χ1v) is 5.73. The largest absolute Gasteiger partial charge is 0.490 e. The van der Waals surface area contributed by atoms with Crippen molar-refractivity contribution >= 4 is 11.7 Å². The summed E-state index contributed by atoms with van der Waals surface area (Å²) in [6.07, 6.45) is 6.46. The van der Waals surface area contributed by atoms with E-state index >= 15 is 0 Å². The van der Waals surface area contributed by atoms with E-state index in [9.17, 15) is 14.9 Å². The summed E-state index contributed by atoms with van der Waals surface area (Å²) in [5, 5.41) is 14.0. The van der Waals surface area contributed by atoms with Gasteiger partial charge in [-0.25, -0.2) is 0 Å². The van der Waals surface area contributed by atoms with Crippen molar-refractivity contribution < 1.29 is 9.72 Å². The molecule has 1 aromatic heterocycles. The molecule has 1 saturated carbocycles. The van der Waals surface area contributed by atoms with Crippen LogP contribution < -0.4 is 0 Å². The number of nitrogens with zero attached hydrogens (tertiary/aromatic N) is 4. The Morgan fingerprint density at radius 1 is 1.47 bits per heavy atom. The van der Waals surface area contributed by atoms with E-state index in [0.717, 1.165) is 25.7 Å². The van der Waals surface area contributed by atoms with Crippen molar-refractivity contribution in [2.45, 2.75) is 38.6 Å². The minimum atomic E-state index is -0.665. The van der Waals surface area contributed by atoms with E-state index in [4.69, 9.17) is 0 Å². The minimum absolute atomic E-state index is 0.0888. The lowest BCUT2D eigenvalue weighted by Gasteiger charge is -2.19. The SMILES string of the molecule is O=C(Cn1cnc([N+](=O)[O-])n1)C1CCCCC1. The Kier molecular flexibility index (Phi) is 3.46. The van der Waals surface area contributed by atoms with Crippen LogP contribution >= 0.6 is 0 Å². The zero-order valence-electron chi connectivity index (χ0n) is 9.41. The molecule has 1 aliphatic carbocycles. The number of aromatic nitrogens is 3. The van der Waals surface area contributed by atoms with E-state index in [0.29, 0.717) is 0 Å². The van der Waals surface area contributed by atoms with Gasteiger partial charge in [-0.15, -0.1) is 0 Å². The molecular formula is C10H14N4O3. The molecule has 2 rings (SSSR count). The molecule has 7 nitrogen and oxygen atoms in total. The molecule has 0 unspecified atom stereocenters. The molecule has 0 radical (unpaired) electrons. The molecule has 0 aromatic carbocycles. The maximum absolute atomic E-state index is 11.9. The fourth-order valence-electron chi connectivity index (χ4n) is 2.16. The van der Waals surface area contributed by atoms with Crippen LogP contribution in [0.15, 0.2) is 6.33 Å². The normalized spacial score (nSPS) is 16.9. The Bertz CT molecular complexity index is 423. The lowest BCUT2D eigenvalue weighted by Crippen LogP contribution is -2.22. The highest BCUT2D eigenvalue weighted by atomic mass is 16.6. The van der Waals surface area contributed by atoms with Crippen LogP contribution in [0.25, 0.3) is 0 Å². The van der Waals surface area contributed by atoms with Crippen LogP contribution in [-0.4, -0.2) is 25.5 Å². The molecule has 0 aliphatic heterocycles. The van der Waals surface area contributed by atoms with Gasteiger partial charge in [-0.1, -0.05) is 24.2 Å². The second kappa shape index (κ2) is 5.03. The van der Waals surface area contributed by atoms with Gasteiger partial charge in [-0.05, 0) is 17.8 Å². The van der Waals surface area contributed by atoms with Crippen LogP contribution in [0.1, 0.15) is 32.1 Å². The monoisotopic (exact) mass is 238 g/mol. The Morgan fingerprint density at radius 2 is 2.18 bits per heavy atom. The van der Waals surface area contributed by atoms with E-state index in [1.54, 1.807) is 0 Å². The highest BCUT2D eigenvalue weighted by Crippen LogP contribution is 2.24. The first kappa shape index (κ1) is 11.7. The predicted octanol–water partition coefficient (Wildman–Crippen LogP) is 1.34. The lowest BCUT2D eigenvalue weighted by atomic mass is 9.86. The lowest BCUT2D eigenvalue weighted by molar-refractivity contribution is -0.394. The summed E-state index contributed by atoms with van der Waals surface area (Å²) >= 11 is 0. The zero-order chi connectivity index (χ0) is 12.3. The van der Waals surface area contributed by atoms with Gasteiger partial charge in [-0.3, -0.25) is 4.79 Å². The van der Waals surface area contributed by atoms with Crippen molar-refractivity contribution in [1.82, 2.24) is 14.8 Å². The summed E-state index contributed by atoms with van der Waals surface area (Å²) in [5.74, 6) is -0.266. The van der Waals surface area contributed by atoms with Gasteiger partial charge in [0.2, 0.25) is 6.33 Å². The second-order valence-electron chi connectivity index (χ2n) is 4.30. The van der Waals surface area contributed by atoms with Crippen LogP contribution in [0.5, 0.6) is 0 Å². The van der Waals surface area contributed by atoms with Crippen molar-refractivity contribution in [2.75, 3.05) is 0 Å². The zero-order valence-corrected chi connectivity index (χ0v) is 9.41. The van der Waals surface area contributed by atoms with Gasteiger partial charge in [0.25, 0.3) is 0 Å². The molecule has 7 heteroatoms. The quantitative estimate of drug-likeness (QED) is 0.583. The molecule has 0 bridgehead atoms.